The van der Waals surface area contributed by atoms with Crippen LogP contribution in [-0.4, -0.2) is 55.6 Å². The van der Waals surface area contributed by atoms with E-state index in [-0.39, 0.29) is 35.3 Å². The Kier molecular flexibility index (Phi) is 4.83. The fourth-order valence-corrected chi connectivity index (χ4v) is 3.92. The van der Waals surface area contributed by atoms with Crippen molar-refractivity contribution in [1.82, 2.24) is 9.21 Å². The van der Waals surface area contributed by atoms with Gasteiger partial charge in [-0.25, -0.2) is 8.42 Å². The maximum absolute atomic E-state index is 12.6. The molecule has 1 aliphatic heterocycles. The normalized spacial score (nSPS) is 16.5. The lowest BCUT2D eigenvalue weighted by Gasteiger charge is -2.33. The van der Waals surface area contributed by atoms with Gasteiger partial charge in [-0.05, 0) is 12.1 Å². The molecular formula is C13H14ClN3O3S. The molecule has 1 heterocycles. The van der Waals surface area contributed by atoms with Crippen LogP contribution in [0.25, 0.3) is 0 Å². The minimum Gasteiger partial charge on any atom is -0.339 e. The number of sulfonamides is 1. The van der Waals surface area contributed by atoms with Crippen LogP contribution < -0.4 is 0 Å². The first-order chi connectivity index (χ1) is 10.0. The van der Waals surface area contributed by atoms with Crippen molar-refractivity contribution < 1.29 is 13.2 Å². The number of carbonyl (C=O) groups is 1. The van der Waals surface area contributed by atoms with Crippen LogP contribution >= 0.6 is 11.6 Å². The molecule has 0 unspecified atom stereocenters. The summed E-state index contributed by atoms with van der Waals surface area (Å²) < 4.78 is 26.4. The van der Waals surface area contributed by atoms with E-state index in [1.807, 2.05) is 6.07 Å². The second-order valence-corrected chi connectivity index (χ2v) is 6.70. The van der Waals surface area contributed by atoms with Gasteiger partial charge in [-0.1, -0.05) is 12.1 Å². The van der Waals surface area contributed by atoms with E-state index in [9.17, 15) is 13.2 Å². The Morgan fingerprint density at radius 2 is 1.86 bits per heavy atom. The fraction of sp³-hybridized carbons (Fsp3) is 0.385. The molecule has 0 aromatic heterocycles. The van der Waals surface area contributed by atoms with Crippen molar-refractivity contribution >= 4 is 27.5 Å². The quantitative estimate of drug-likeness (QED) is 0.762. The van der Waals surface area contributed by atoms with Crippen LogP contribution in [0.3, 0.4) is 0 Å². The molecule has 1 saturated heterocycles. The highest BCUT2D eigenvalue weighted by Crippen LogP contribution is 2.21. The number of rotatable bonds is 3. The lowest BCUT2D eigenvalue weighted by molar-refractivity contribution is -0.129. The third-order valence-corrected chi connectivity index (χ3v) is 5.52. The van der Waals surface area contributed by atoms with Gasteiger partial charge in [0.25, 0.3) is 0 Å². The monoisotopic (exact) mass is 327 g/mol. The number of benzene rings is 1. The van der Waals surface area contributed by atoms with E-state index in [4.69, 9.17) is 16.9 Å². The number of hydrogen-bond acceptors (Lipinski definition) is 4. The zero-order chi connectivity index (χ0) is 15.5. The van der Waals surface area contributed by atoms with Crippen molar-refractivity contribution in [2.24, 2.45) is 0 Å². The minimum absolute atomic E-state index is 0.00428. The Bertz CT molecular complexity index is 676. The molecule has 0 radical (unpaired) electrons. The molecule has 0 spiro atoms. The Labute approximate surface area is 128 Å². The van der Waals surface area contributed by atoms with Gasteiger partial charge < -0.3 is 4.90 Å². The number of amides is 1. The van der Waals surface area contributed by atoms with E-state index in [0.717, 1.165) is 0 Å². The van der Waals surface area contributed by atoms with Crippen LogP contribution in [0, 0.1) is 11.3 Å². The molecule has 1 aromatic carbocycles. The zero-order valence-corrected chi connectivity index (χ0v) is 12.8. The van der Waals surface area contributed by atoms with Crippen LogP contribution in [0.15, 0.2) is 29.2 Å². The first-order valence-corrected chi connectivity index (χ1v) is 8.31. The highest BCUT2D eigenvalue weighted by Gasteiger charge is 2.31. The molecule has 6 nitrogen and oxygen atoms in total. The van der Waals surface area contributed by atoms with Crippen molar-refractivity contribution in [1.29, 1.82) is 5.26 Å². The predicted molar refractivity (Wildman–Crippen MR) is 77.2 cm³/mol. The summed E-state index contributed by atoms with van der Waals surface area (Å²) in [4.78, 5) is 13.0. The average Bonchev–Trinajstić information content (AvgIpc) is 2.54. The van der Waals surface area contributed by atoms with E-state index >= 15 is 0 Å². The number of nitriles is 1. The highest BCUT2D eigenvalue weighted by atomic mass is 35.5. The lowest BCUT2D eigenvalue weighted by Crippen LogP contribution is -2.50. The number of nitrogens with zero attached hydrogens (tertiary/aromatic N) is 3. The number of piperazine rings is 1. The van der Waals surface area contributed by atoms with Gasteiger partial charge in [0.15, 0.2) is 0 Å². The molecule has 21 heavy (non-hydrogen) atoms. The van der Waals surface area contributed by atoms with Crippen LogP contribution in [-0.2, 0) is 14.8 Å². The first-order valence-electron chi connectivity index (χ1n) is 6.33. The maximum Gasteiger partial charge on any atom is 0.244 e. The van der Waals surface area contributed by atoms with Gasteiger partial charge >= 0.3 is 0 Å². The van der Waals surface area contributed by atoms with E-state index in [1.165, 1.54) is 21.3 Å². The van der Waals surface area contributed by atoms with Gasteiger partial charge in [0.05, 0.1) is 10.5 Å². The zero-order valence-electron chi connectivity index (χ0n) is 11.2. The van der Waals surface area contributed by atoms with Gasteiger partial charge in [-0.2, -0.15) is 9.57 Å². The summed E-state index contributed by atoms with van der Waals surface area (Å²) in [6.45, 7) is 1.01. The molecule has 1 fully saturated rings. The van der Waals surface area contributed by atoms with Crippen molar-refractivity contribution in [3.8, 4) is 6.07 Å². The molecule has 1 aliphatic rings. The molecule has 2 rings (SSSR count). The summed E-state index contributed by atoms with van der Waals surface area (Å²) >= 11 is 5.49. The van der Waals surface area contributed by atoms with E-state index in [0.29, 0.717) is 13.1 Å². The number of alkyl halides is 1. The molecule has 1 amide bonds. The number of halogens is 1. The molecule has 0 aliphatic carbocycles. The second-order valence-electron chi connectivity index (χ2n) is 4.53. The Morgan fingerprint density at radius 1 is 1.24 bits per heavy atom. The molecule has 0 saturated carbocycles. The summed E-state index contributed by atoms with van der Waals surface area (Å²) in [5, 5.41) is 9.03. The molecule has 0 atom stereocenters. The van der Waals surface area contributed by atoms with Crippen molar-refractivity contribution in [3.63, 3.8) is 0 Å². The third kappa shape index (κ3) is 3.18. The van der Waals surface area contributed by atoms with Gasteiger partial charge in [0.1, 0.15) is 11.9 Å². The van der Waals surface area contributed by atoms with E-state index < -0.39 is 10.0 Å². The van der Waals surface area contributed by atoms with Crippen molar-refractivity contribution in [2.45, 2.75) is 4.90 Å². The van der Waals surface area contributed by atoms with E-state index in [1.54, 1.807) is 12.1 Å². The fourth-order valence-electron chi connectivity index (χ4n) is 2.19. The smallest absolute Gasteiger partial charge is 0.244 e. The van der Waals surface area contributed by atoms with Crippen molar-refractivity contribution in [3.05, 3.63) is 29.8 Å². The van der Waals surface area contributed by atoms with Crippen LogP contribution in [0.1, 0.15) is 5.56 Å². The topological polar surface area (TPSA) is 81.5 Å². The van der Waals surface area contributed by atoms with Gasteiger partial charge in [0.2, 0.25) is 15.9 Å². The number of hydrogen-bond donors (Lipinski definition) is 0. The maximum atomic E-state index is 12.6. The van der Waals surface area contributed by atoms with Crippen LogP contribution in [0.2, 0.25) is 0 Å². The average molecular weight is 328 g/mol. The van der Waals surface area contributed by atoms with Crippen LogP contribution in [0.5, 0.6) is 0 Å². The van der Waals surface area contributed by atoms with Crippen molar-refractivity contribution in [2.75, 3.05) is 32.1 Å². The third-order valence-electron chi connectivity index (χ3n) is 3.33. The largest absolute Gasteiger partial charge is 0.339 e. The minimum atomic E-state index is -3.72. The van der Waals surface area contributed by atoms with Gasteiger partial charge in [-0.3, -0.25) is 4.79 Å². The standard InChI is InChI=1S/C13H14ClN3O3S/c14-9-13(18)16-5-7-17(8-6-16)21(19,20)12-4-2-1-3-11(12)10-15/h1-4H,5-9H2. The molecule has 1 aromatic rings. The lowest BCUT2D eigenvalue weighted by atomic mass is 10.2. The van der Waals surface area contributed by atoms with E-state index in [2.05, 4.69) is 0 Å². The van der Waals surface area contributed by atoms with Crippen LogP contribution in [0.4, 0.5) is 0 Å². The van der Waals surface area contributed by atoms with Gasteiger partial charge in [0, 0.05) is 26.2 Å². The summed E-state index contributed by atoms with van der Waals surface area (Å²) in [7, 11) is -3.72. The summed E-state index contributed by atoms with van der Waals surface area (Å²) in [6.07, 6.45) is 0. The highest BCUT2D eigenvalue weighted by molar-refractivity contribution is 7.89. The SMILES string of the molecule is N#Cc1ccccc1S(=O)(=O)N1CCN(C(=O)CCl)CC1. The molecule has 8 heteroatoms. The Morgan fingerprint density at radius 3 is 2.43 bits per heavy atom. The first kappa shape index (κ1) is 15.8. The second kappa shape index (κ2) is 6.43. The predicted octanol–water partition coefficient (Wildman–Crippen LogP) is 0.630. The molecule has 0 N–H and O–H groups in total. The molecular weight excluding hydrogens is 314 g/mol. The number of carbonyl (C=O) groups excluding carboxylic acids is 1. The molecule has 112 valence electrons. The summed E-state index contributed by atoms with van der Waals surface area (Å²) in [5.74, 6) is -0.310. The summed E-state index contributed by atoms with van der Waals surface area (Å²) in [6, 6.07) is 7.99. The Balaban J connectivity index is 2.19. The molecule has 0 bridgehead atoms. The van der Waals surface area contributed by atoms with Gasteiger partial charge in [-0.15, -0.1) is 11.6 Å². The summed E-state index contributed by atoms with van der Waals surface area (Å²) in [5.41, 5.74) is 0.122. The Hall–Kier alpha value is -1.62.